The van der Waals surface area contributed by atoms with Crippen molar-refractivity contribution >= 4 is 17.7 Å². The van der Waals surface area contributed by atoms with Crippen molar-refractivity contribution in [3.8, 4) is 5.75 Å². The van der Waals surface area contributed by atoms with Gasteiger partial charge in [-0.2, -0.15) is 0 Å². The molecule has 8 nitrogen and oxygen atoms in total. The van der Waals surface area contributed by atoms with Crippen LogP contribution in [0.3, 0.4) is 0 Å². The number of hydrogen-bond acceptors (Lipinski definition) is 6. The summed E-state index contributed by atoms with van der Waals surface area (Å²) in [5.41, 5.74) is 4.23. The quantitative estimate of drug-likeness (QED) is 0.613. The Morgan fingerprint density at radius 2 is 1.85 bits per heavy atom. The maximum atomic E-state index is 13.0. The topological polar surface area (TPSA) is 83.1 Å². The molecule has 2 aromatic rings. The van der Waals surface area contributed by atoms with Crippen LogP contribution in [0, 0.1) is 6.92 Å². The van der Waals surface area contributed by atoms with Gasteiger partial charge in [0.25, 0.3) is 0 Å². The number of carbonyl (C=O) groups excluding carboxylic acids is 2. The maximum absolute atomic E-state index is 13.0. The molecular formula is C26H32N4O4. The summed E-state index contributed by atoms with van der Waals surface area (Å²) >= 11 is 0. The van der Waals surface area contributed by atoms with Crippen LogP contribution in [0.5, 0.6) is 5.75 Å². The van der Waals surface area contributed by atoms with Gasteiger partial charge in [-0.3, -0.25) is 4.90 Å². The number of methoxy groups -OCH3 is 1. The van der Waals surface area contributed by atoms with Crippen molar-refractivity contribution in [2.45, 2.75) is 19.9 Å². The number of anilines is 1. The fourth-order valence-electron chi connectivity index (χ4n) is 4.48. The van der Waals surface area contributed by atoms with Crippen LogP contribution in [-0.2, 0) is 9.53 Å². The van der Waals surface area contributed by atoms with Gasteiger partial charge in [-0.1, -0.05) is 24.3 Å². The minimum atomic E-state index is -0.619. The summed E-state index contributed by atoms with van der Waals surface area (Å²) in [7, 11) is 1.59. The number of rotatable bonds is 7. The highest BCUT2D eigenvalue weighted by Crippen LogP contribution is 2.30. The van der Waals surface area contributed by atoms with Crippen LogP contribution in [0.1, 0.15) is 24.1 Å². The van der Waals surface area contributed by atoms with Gasteiger partial charge < -0.3 is 25.0 Å². The first-order valence-electron chi connectivity index (χ1n) is 11.6. The van der Waals surface area contributed by atoms with Gasteiger partial charge in [0, 0.05) is 44.1 Å². The number of nitrogens with one attached hydrogen (secondary N) is 2. The zero-order chi connectivity index (χ0) is 24.1. The Morgan fingerprint density at radius 3 is 2.56 bits per heavy atom. The maximum Gasteiger partial charge on any atom is 0.338 e. The molecule has 2 heterocycles. The van der Waals surface area contributed by atoms with E-state index in [-0.39, 0.29) is 12.6 Å². The molecule has 4 rings (SSSR count). The molecule has 2 N–H and O–H groups in total. The molecule has 1 atom stereocenters. The van der Waals surface area contributed by atoms with Crippen molar-refractivity contribution < 1.29 is 19.1 Å². The van der Waals surface area contributed by atoms with Crippen molar-refractivity contribution in [3.05, 3.63) is 70.9 Å². The van der Waals surface area contributed by atoms with Crippen molar-refractivity contribution in [3.63, 3.8) is 0 Å². The molecule has 8 heteroatoms. The number of piperazine rings is 1. The third kappa shape index (κ3) is 5.34. The molecule has 2 aliphatic rings. The fraction of sp³-hybridized carbons (Fsp3) is 0.385. The highest BCUT2D eigenvalue weighted by atomic mass is 16.5. The summed E-state index contributed by atoms with van der Waals surface area (Å²) in [6.45, 7) is 7.97. The smallest absolute Gasteiger partial charge is 0.338 e. The molecule has 0 aliphatic carbocycles. The molecule has 0 radical (unpaired) electrons. The molecule has 0 saturated carbocycles. The van der Waals surface area contributed by atoms with E-state index in [0.29, 0.717) is 23.6 Å². The van der Waals surface area contributed by atoms with E-state index in [0.717, 1.165) is 31.7 Å². The molecule has 0 spiro atoms. The lowest BCUT2D eigenvalue weighted by molar-refractivity contribution is -0.139. The van der Waals surface area contributed by atoms with Gasteiger partial charge in [0.15, 0.2) is 0 Å². The normalized spacial score (nSPS) is 18.9. The number of nitrogens with zero attached hydrogens (tertiary/aromatic N) is 2. The number of hydrogen-bond donors (Lipinski definition) is 2. The number of aryl methyl sites for hydroxylation is 1. The number of benzene rings is 2. The number of carbonyl (C=O) groups is 2. The van der Waals surface area contributed by atoms with E-state index in [9.17, 15) is 9.59 Å². The summed E-state index contributed by atoms with van der Waals surface area (Å²) in [4.78, 5) is 30.2. The molecule has 2 aromatic carbocycles. The van der Waals surface area contributed by atoms with Crippen LogP contribution in [0.25, 0.3) is 0 Å². The van der Waals surface area contributed by atoms with Gasteiger partial charge in [-0.25, -0.2) is 9.59 Å². The molecule has 0 aromatic heterocycles. The third-order valence-electron chi connectivity index (χ3n) is 6.20. The van der Waals surface area contributed by atoms with E-state index in [4.69, 9.17) is 9.47 Å². The minimum Gasteiger partial charge on any atom is -0.497 e. The van der Waals surface area contributed by atoms with Gasteiger partial charge in [0.1, 0.15) is 5.75 Å². The van der Waals surface area contributed by atoms with Crippen LogP contribution >= 0.6 is 0 Å². The Bertz CT molecular complexity index is 1080. The largest absolute Gasteiger partial charge is 0.497 e. The second-order valence-corrected chi connectivity index (χ2v) is 8.52. The Kier molecular flexibility index (Phi) is 7.37. The molecule has 1 saturated heterocycles. The van der Waals surface area contributed by atoms with E-state index >= 15 is 0 Å². The molecule has 0 unspecified atom stereocenters. The predicted molar refractivity (Wildman–Crippen MR) is 131 cm³/mol. The number of amides is 2. The first kappa shape index (κ1) is 23.6. The van der Waals surface area contributed by atoms with Gasteiger partial charge in [-0.15, -0.1) is 0 Å². The second-order valence-electron chi connectivity index (χ2n) is 8.52. The fourth-order valence-corrected chi connectivity index (χ4v) is 4.48. The lowest BCUT2D eigenvalue weighted by Gasteiger charge is -2.38. The Balaban J connectivity index is 1.57. The van der Waals surface area contributed by atoms with Crippen molar-refractivity contribution in [2.24, 2.45) is 0 Å². The zero-order valence-electron chi connectivity index (χ0n) is 20.0. The lowest BCUT2D eigenvalue weighted by atomic mass is 9.94. The molecule has 2 aliphatic heterocycles. The van der Waals surface area contributed by atoms with Crippen LogP contribution in [0.4, 0.5) is 10.5 Å². The summed E-state index contributed by atoms with van der Waals surface area (Å²) in [5.74, 6) is 0.221. The Labute approximate surface area is 200 Å². The third-order valence-corrected chi connectivity index (χ3v) is 6.20. The minimum absolute atomic E-state index is 0.254. The Morgan fingerprint density at radius 1 is 1.09 bits per heavy atom. The van der Waals surface area contributed by atoms with E-state index in [1.807, 2.05) is 24.3 Å². The van der Waals surface area contributed by atoms with Gasteiger partial charge in [-0.05, 0) is 49.2 Å². The molecule has 2 amide bonds. The van der Waals surface area contributed by atoms with Gasteiger partial charge in [0.05, 0.1) is 25.3 Å². The van der Waals surface area contributed by atoms with Crippen molar-refractivity contribution in [1.82, 2.24) is 15.5 Å². The molecule has 34 heavy (non-hydrogen) atoms. The van der Waals surface area contributed by atoms with Crippen LogP contribution in [-0.4, -0.2) is 63.3 Å². The van der Waals surface area contributed by atoms with Crippen molar-refractivity contribution in [1.29, 1.82) is 0 Å². The second kappa shape index (κ2) is 10.6. The van der Waals surface area contributed by atoms with Crippen LogP contribution in [0.15, 0.2) is 59.8 Å². The van der Waals surface area contributed by atoms with E-state index in [1.54, 1.807) is 14.0 Å². The summed E-state index contributed by atoms with van der Waals surface area (Å²) in [6.07, 6.45) is 0. The molecule has 1 fully saturated rings. The van der Waals surface area contributed by atoms with Crippen LogP contribution < -0.4 is 20.3 Å². The summed E-state index contributed by atoms with van der Waals surface area (Å²) in [6, 6.07) is 14.9. The zero-order valence-corrected chi connectivity index (χ0v) is 20.0. The highest BCUT2D eigenvalue weighted by molar-refractivity contribution is 5.95. The molecule has 180 valence electrons. The van der Waals surface area contributed by atoms with Crippen molar-refractivity contribution in [2.75, 3.05) is 51.3 Å². The predicted octanol–water partition coefficient (Wildman–Crippen LogP) is 3.00. The first-order valence-corrected chi connectivity index (χ1v) is 11.6. The lowest BCUT2D eigenvalue weighted by Crippen LogP contribution is -2.51. The van der Waals surface area contributed by atoms with E-state index in [1.165, 1.54) is 11.3 Å². The Hall–Kier alpha value is -3.52. The average molecular weight is 465 g/mol. The molecular weight excluding hydrogens is 432 g/mol. The van der Waals surface area contributed by atoms with Gasteiger partial charge >= 0.3 is 12.0 Å². The SMILES string of the molecule is CCOC(=O)C1=C(CN2CCN(c3cccc(C)c3)CC2)NC(=O)N[C@@H]1c1cccc(OC)c1. The van der Waals surface area contributed by atoms with Crippen LogP contribution in [0.2, 0.25) is 0 Å². The number of urea groups is 1. The van der Waals surface area contributed by atoms with Gasteiger partial charge in [0.2, 0.25) is 0 Å². The van der Waals surface area contributed by atoms with E-state index < -0.39 is 12.0 Å². The first-order chi connectivity index (χ1) is 16.5. The summed E-state index contributed by atoms with van der Waals surface area (Å²) < 4.78 is 10.7. The highest BCUT2D eigenvalue weighted by Gasteiger charge is 2.35. The number of esters is 1. The monoisotopic (exact) mass is 464 g/mol. The molecule has 0 bridgehead atoms. The summed E-state index contributed by atoms with van der Waals surface area (Å²) in [5, 5.41) is 5.76. The average Bonchev–Trinajstić information content (AvgIpc) is 2.84. The van der Waals surface area contributed by atoms with E-state index in [2.05, 4.69) is 51.6 Å². The standard InChI is InChI=1S/C26H32N4O4/c1-4-34-25(31)23-22(27-26(32)28-24(23)19-8-6-10-21(16-19)33-3)17-29-11-13-30(14-12-29)20-9-5-7-18(2)15-20/h5-10,15-16,24H,4,11-14,17H2,1-3H3,(H2,27,28,32)/t24-/m1/s1. The number of ether oxygens (including phenoxy) is 2.